The Morgan fingerprint density at radius 2 is 2.14 bits per heavy atom. The number of rotatable bonds is 7. The smallest absolute Gasteiger partial charge is 0.155 e. The molecule has 0 bridgehead atoms. The molecule has 118 valence electrons. The van der Waals surface area contributed by atoms with E-state index in [1.807, 2.05) is 33.7 Å². The molecule has 4 nitrogen and oxygen atoms in total. The van der Waals surface area contributed by atoms with Gasteiger partial charge in [0.1, 0.15) is 5.75 Å². The molecule has 22 heavy (non-hydrogen) atoms. The second-order valence-corrected chi connectivity index (χ2v) is 8.76. The van der Waals surface area contributed by atoms with Crippen LogP contribution >= 0.6 is 30.6 Å². The summed E-state index contributed by atoms with van der Waals surface area (Å²) < 4.78 is 17.0. The van der Waals surface area contributed by atoms with Crippen LogP contribution in [0.3, 0.4) is 0 Å². The van der Waals surface area contributed by atoms with Gasteiger partial charge in [0.25, 0.3) is 0 Å². The van der Waals surface area contributed by atoms with Gasteiger partial charge in [0.05, 0.1) is 42.3 Å². The van der Waals surface area contributed by atoms with E-state index in [0.29, 0.717) is 18.3 Å². The summed E-state index contributed by atoms with van der Waals surface area (Å²) in [6, 6.07) is 10.3. The number of benzene rings is 1. The predicted octanol–water partition coefficient (Wildman–Crippen LogP) is 4.49. The first-order chi connectivity index (χ1) is 10.8. The number of hydrogen-bond acceptors (Lipinski definition) is 6. The zero-order valence-electron chi connectivity index (χ0n) is 12.3. The third-order valence-electron chi connectivity index (χ3n) is 3.85. The first-order valence-corrected chi connectivity index (χ1v) is 10.2. The molecule has 2 fully saturated rings. The van der Waals surface area contributed by atoms with Crippen LogP contribution in [0, 0.1) is 11.3 Å². The molecule has 3 atom stereocenters. The number of nitrogens with zero attached hydrogens (tertiary/aromatic N) is 1. The zero-order chi connectivity index (χ0) is 15.4. The topological polar surface area (TPSA) is 51.5 Å². The Bertz CT molecular complexity index is 545. The summed E-state index contributed by atoms with van der Waals surface area (Å²) in [5, 5.41) is 8.84. The predicted molar refractivity (Wildman–Crippen MR) is 92.3 cm³/mol. The molecule has 1 saturated carbocycles. The second kappa shape index (κ2) is 7.42. The van der Waals surface area contributed by atoms with E-state index in [2.05, 4.69) is 18.2 Å². The van der Waals surface area contributed by atoms with Crippen LogP contribution < -0.4 is 4.74 Å². The van der Waals surface area contributed by atoms with E-state index in [4.69, 9.17) is 19.0 Å². The maximum absolute atomic E-state index is 8.52. The fourth-order valence-corrected chi connectivity index (χ4v) is 7.25. The average Bonchev–Trinajstić information content (AvgIpc) is 3.25. The van der Waals surface area contributed by atoms with Crippen molar-refractivity contribution in [1.29, 1.82) is 5.26 Å². The molecule has 1 spiro atoms. The van der Waals surface area contributed by atoms with Crippen molar-refractivity contribution >= 4 is 30.6 Å². The number of methoxy groups -OCH3 is 1. The number of ether oxygens (including phenoxy) is 1. The fraction of sp³-hybridized carbons (Fsp3) is 0.533. The highest BCUT2D eigenvalue weighted by molar-refractivity contribution is 8.77. The molecule has 2 aliphatic rings. The summed E-state index contributed by atoms with van der Waals surface area (Å²) in [5.41, 5.74) is 1.27. The van der Waals surface area contributed by atoms with Gasteiger partial charge in [-0.1, -0.05) is 33.7 Å². The first-order valence-electron chi connectivity index (χ1n) is 7.17. The van der Waals surface area contributed by atoms with E-state index in [-0.39, 0.29) is 19.9 Å². The summed E-state index contributed by atoms with van der Waals surface area (Å²) in [7, 11) is 5.55. The van der Waals surface area contributed by atoms with Crippen LogP contribution in [-0.4, -0.2) is 24.6 Å². The van der Waals surface area contributed by atoms with E-state index in [0.717, 1.165) is 5.75 Å². The molecule has 1 heterocycles. The molecular formula is C15H18NO3PS2. The van der Waals surface area contributed by atoms with Crippen molar-refractivity contribution in [3.05, 3.63) is 29.8 Å². The Labute approximate surface area is 140 Å². The first kappa shape index (κ1) is 16.4. The normalized spacial score (nSPS) is 25.6. The summed E-state index contributed by atoms with van der Waals surface area (Å²) in [6.07, 6.45) is 3.02. The minimum absolute atomic E-state index is 0.00887. The van der Waals surface area contributed by atoms with Gasteiger partial charge in [0.2, 0.25) is 0 Å². The minimum atomic E-state index is 0.00887. The van der Waals surface area contributed by atoms with Crippen molar-refractivity contribution in [3.63, 3.8) is 0 Å². The van der Waals surface area contributed by atoms with Crippen LogP contribution in [0.5, 0.6) is 5.75 Å². The summed E-state index contributed by atoms with van der Waals surface area (Å²) in [6.45, 7) is 0.447. The molecular weight excluding hydrogens is 337 g/mol. The van der Waals surface area contributed by atoms with Gasteiger partial charge in [-0.15, -0.1) is 0 Å². The molecule has 7 heteroatoms. The average molecular weight is 355 g/mol. The molecule has 1 aromatic carbocycles. The quantitative estimate of drug-likeness (QED) is 0.408. The van der Waals surface area contributed by atoms with Gasteiger partial charge in [-0.05, 0) is 30.5 Å². The van der Waals surface area contributed by atoms with Crippen LogP contribution in [-0.2, 0) is 9.05 Å². The largest absolute Gasteiger partial charge is 0.497 e. The van der Waals surface area contributed by atoms with Crippen molar-refractivity contribution < 1.29 is 13.8 Å². The Balaban J connectivity index is 1.63. The lowest BCUT2D eigenvalue weighted by molar-refractivity contribution is 0.183. The molecule has 1 aliphatic heterocycles. The van der Waals surface area contributed by atoms with E-state index >= 15 is 0 Å². The lowest BCUT2D eigenvalue weighted by atomic mass is 10.0. The lowest BCUT2D eigenvalue weighted by Crippen LogP contribution is -2.25. The Hall–Kier alpha value is -0.440. The van der Waals surface area contributed by atoms with Crippen LogP contribution in [0.25, 0.3) is 0 Å². The fourth-order valence-electron chi connectivity index (χ4n) is 2.43. The molecule has 1 saturated heterocycles. The highest BCUT2D eigenvalue weighted by Gasteiger charge is 2.59. The van der Waals surface area contributed by atoms with E-state index in [9.17, 15) is 0 Å². The maximum atomic E-state index is 8.52. The number of nitriles is 1. The SMILES string of the molecule is COc1ccc(C2SSC3(CC3)C2OPOCCC#N)cc1. The molecule has 1 aromatic rings. The van der Waals surface area contributed by atoms with Gasteiger partial charge in [-0.25, -0.2) is 0 Å². The lowest BCUT2D eigenvalue weighted by Gasteiger charge is -2.22. The monoisotopic (exact) mass is 355 g/mol. The van der Waals surface area contributed by atoms with E-state index in [1.54, 1.807) is 7.11 Å². The Morgan fingerprint density at radius 1 is 1.36 bits per heavy atom. The van der Waals surface area contributed by atoms with Crippen LogP contribution in [0.15, 0.2) is 24.3 Å². The van der Waals surface area contributed by atoms with Crippen LogP contribution in [0.2, 0.25) is 0 Å². The standard InChI is InChI=1S/C15H18NO3PS2/c1-17-12-5-3-11(4-6-12)13-14(15(7-8-15)22-21-13)19-20-18-10-2-9-16/h3-6,13-14,20H,2,7-8,10H2,1H3. The summed E-state index contributed by atoms with van der Waals surface area (Å²) in [5.74, 6) is 0.875. The van der Waals surface area contributed by atoms with Gasteiger partial charge in [-0.2, -0.15) is 5.26 Å². The van der Waals surface area contributed by atoms with Crippen LogP contribution in [0.1, 0.15) is 30.1 Å². The zero-order valence-corrected chi connectivity index (χ0v) is 14.9. The van der Waals surface area contributed by atoms with Crippen LogP contribution in [0.4, 0.5) is 0 Å². The highest BCUT2D eigenvalue weighted by Crippen LogP contribution is 2.70. The van der Waals surface area contributed by atoms with Gasteiger partial charge in [0.15, 0.2) is 9.03 Å². The second-order valence-electron chi connectivity index (χ2n) is 5.32. The third kappa shape index (κ3) is 3.55. The minimum Gasteiger partial charge on any atom is -0.497 e. The molecule has 0 aromatic heterocycles. The maximum Gasteiger partial charge on any atom is 0.155 e. The van der Waals surface area contributed by atoms with Crippen molar-refractivity contribution in [2.45, 2.75) is 35.4 Å². The molecule has 1 aliphatic carbocycles. The van der Waals surface area contributed by atoms with Crippen molar-refractivity contribution in [2.24, 2.45) is 0 Å². The van der Waals surface area contributed by atoms with E-state index < -0.39 is 0 Å². The number of hydrogen-bond donors (Lipinski definition) is 0. The van der Waals surface area contributed by atoms with Gasteiger partial charge < -0.3 is 13.8 Å². The molecule has 3 unspecified atom stereocenters. The molecule has 3 rings (SSSR count). The highest BCUT2D eigenvalue weighted by atomic mass is 33.1. The summed E-state index contributed by atoms with van der Waals surface area (Å²) >= 11 is 0. The van der Waals surface area contributed by atoms with Gasteiger partial charge in [-0.3, -0.25) is 0 Å². The summed E-state index contributed by atoms with van der Waals surface area (Å²) in [4.78, 5) is 0. The van der Waals surface area contributed by atoms with Crippen molar-refractivity contribution in [1.82, 2.24) is 0 Å². The van der Waals surface area contributed by atoms with Crippen molar-refractivity contribution in [2.75, 3.05) is 13.7 Å². The Morgan fingerprint density at radius 3 is 2.77 bits per heavy atom. The van der Waals surface area contributed by atoms with Crippen molar-refractivity contribution in [3.8, 4) is 11.8 Å². The van der Waals surface area contributed by atoms with Gasteiger partial charge in [0, 0.05) is 0 Å². The molecule has 0 N–H and O–H groups in total. The van der Waals surface area contributed by atoms with Gasteiger partial charge >= 0.3 is 0 Å². The third-order valence-corrected chi connectivity index (χ3v) is 8.22. The Kier molecular flexibility index (Phi) is 5.54. The molecule has 0 amide bonds. The van der Waals surface area contributed by atoms with E-state index in [1.165, 1.54) is 18.4 Å². The molecule has 0 radical (unpaired) electrons.